The van der Waals surface area contributed by atoms with Gasteiger partial charge in [-0.1, -0.05) is 0 Å². The van der Waals surface area contributed by atoms with E-state index in [1.54, 1.807) is 0 Å². The number of nitrogens with zero attached hydrogens (tertiary/aromatic N) is 1. The van der Waals surface area contributed by atoms with Crippen molar-refractivity contribution in [1.82, 2.24) is 10.2 Å². The molecule has 0 aliphatic rings. The lowest BCUT2D eigenvalue weighted by atomic mass is 10.2. The molecule has 0 saturated heterocycles. The van der Waals surface area contributed by atoms with E-state index in [0.717, 1.165) is 9.26 Å². The van der Waals surface area contributed by atoms with Gasteiger partial charge >= 0.3 is 6.09 Å². The van der Waals surface area contributed by atoms with E-state index in [4.69, 9.17) is 4.74 Å². The van der Waals surface area contributed by atoms with Crippen molar-refractivity contribution >= 4 is 34.5 Å². The maximum absolute atomic E-state index is 11.4. The predicted molar refractivity (Wildman–Crippen MR) is 65.9 cm³/mol. The third-order valence-corrected chi connectivity index (χ3v) is 2.81. The summed E-state index contributed by atoms with van der Waals surface area (Å²) >= 11 is 2.11. The van der Waals surface area contributed by atoms with Crippen LogP contribution in [-0.4, -0.2) is 21.9 Å². The highest BCUT2D eigenvalue weighted by atomic mass is 127. The second-order valence-electron chi connectivity index (χ2n) is 4.14. The van der Waals surface area contributed by atoms with E-state index >= 15 is 0 Å². The largest absolute Gasteiger partial charge is 0.444 e. The van der Waals surface area contributed by atoms with Crippen molar-refractivity contribution in [2.75, 3.05) is 5.32 Å². The number of amides is 1. The standard InChI is InChI=1S/C9H14IN3O2/c1-5-6(10)7(13-12-5)11-8(14)15-9(2,3)4/h1-4H3,(H2,11,12,13,14). The molecule has 1 aromatic heterocycles. The molecule has 0 bridgehead atoms. The number of carbonyl (C=O) groups is 1. The third-order valence-electron chi connectivity index (χ3n) is 1.49. The summed E-state index contributed by atoms with van der Waals surface area (Å²) in [5.41, 5.74) is 0.419. The lowest BCUT2D eigenvalue weighted by Crippen LogP contribution is -2.27. The summed E-state index contributed by atoms with van der Waals surface area (Å²) in [5, 5.41) is 9.29. The average molecular weight is 323 g/mol. The zero-order valence-electron chi connectivity index (χ0n) is 9.14. The molecule has 0 aliphatic carbocycles. The van der Waals surface area contributed by atoms with Crippen molar-refractivity contribution in [3.63, 3.8) is 0 Å². The molecular weight excluding hydrogens is 309 g/mol. The Morgan fingerprint density at radius 1 is 1.53 bits per heavy atom. The van der Waals surface area contributed by atoms with Gasteiger partial charge < -0.3 is 4.74 Å². The Morgan fingerprint density at radius 2 is 2.13 bits per heavy atom. The summed E-state index contributed by atoms with van der Waals surface area (Å²) in [5.74, 6) is 0.502. The molecule has 1 heterocycles. The number of ether oxygens (including phenoxy) is 1. The lowest BCUT2D eigenvalue weighted by molar-refractivity contribution is 0.0635. The Hall–Kier alpha value is -0.790. The van der Waals surface area contributed by atoms with Gasteiger partial charge in [0.05, 0.1) is 3.57 Å². The van der Waals surface area contributed by atoms with Crippen LogP contribution < -0.4 is 5.32 Å². The first-order chi connectivity index (χ1) is 6.79. The molecule has 0 fully saturated rings. The Bertz CT molecular complexity index is 368. The normalized spacial score (nSPS) is 11.3. The molecule has 1 rings (SSSR count). The highest BCUT2D eigenvalue weighted by molar-refractivity contribution is 14.1. The summed E-state index contributed by atoms with van der Waals surface area (Å²) in [7, 11) is 0. The molecule has 1 aromatic rings. The topological polar surface area (TPSA) is 67.0 Å². The van der Waals surface area contributed by atoms with Gasteiger partial charge in [-0.25, -0.2) is 4.79 Å². The minimum Gasteiger partial charge on any atom is -0.444 e. The minimum absolute atomic E-state index is 0.494. The Labute approximate surface area is 102 Å². The van der Waals surface area contributed by atoms with Crippen LogP contribution in [0.5, 0.6) is 0 Å². The number of carbonyl (C=O) groups excluding carboxylic acids is 1. The molecule has 0 unspecified atom stereocenters. The zero-order chi connectivity index (χ0) is 11.6. The van der Waals surface area contributed by atoms with Crippen LogP contribution in [0.15, 0.2) is 0 Å². The first-order valence-corrected chi connectivity index (χ1v) is 5.58. The molecule has 0 aliphatic heterocycles. The summed E-state index contributed by atoms with van der Waals surface area (Å²) in [6.07, 6.45) is -0.494. The number of rotatable bonds is 1. The zero-order valence-corrected chi connectivity index (χ0v) is 11.3. The van der Waals surface area contributed by atoms with Crippen molar-refractivity contribution in [2.24, 2.45) is 0 Å². The van der Waals surface area contributed by atoms with E-state index in [2.05, 4.69) is 38.1 Å². The average Bonchev–Trinajstić information content (AvgIpc) is 2.32. The number of aromatic nitrogens is 2. The maximum Gasteiger partial charge on any atom is 0.413 e. The molecule has 2 N–H and O–H groups in total. The van der Waals surface area contributed by atoms with Crippen LogP contribution in [0.3, 0.4) is 0 Å². The van der Waals surface area contributed by atoms with Crippen molar-refractivity contribution in [1.29, 1.82) is 0 Å². The van der Waals surface area contributed by atoms with Gasteiger partial charge in [0.15, 0.2) is 5.82 Å². The fourth-order valence-corrected chi connectivity index (χ4v) is 1.27. The van der Waals surface area contributed by atoms with Gasteiger partial charge in [0.1, 0.15) is 5.60 Å². The van der Waals surface area contributed by atoms with Gasteiger partial charge in [-0.2, -0.15) is 5.10 Å². The minimum atomic E-state index is -0.499. The monoisotopic (exact) mass is 323 g/mol. The number of halogens is 1. The second-order valence-corrected chi connectivity index (χ2v) is 5.22. The van der Waals surface area contributed by atoms with Crippen LogP contribution >= 0.6 is 22.6 Å². The maximum atomic E-state index is 11.4. The lowest BCUT2D eigenvalue weighted by Gasteiger charge is -2.19. The molecule has 0 saturated carbocycles. The molecule has 0 atom stereocenters. The third kappa shape index (κ3) is 3.69. The molecule has 15 heavy (non-hydrogen) atoms. The van der Waals surface area contributed by atoms with Gasteiger partial charge in [-0.15, -0.1) is 0 Å². The molecule has 84 valence electrons. The fourth-order valence-electron chi connectivity index (χ4n) is 0.899. The van der Waals surface area contributed by atoms with E-state index < -0.39 is 11.7 Å². The summed E-state index contributed by atoms with van der Waals surface area (Å²) in [4.78, 5) is 11.4. The van der Waals surface area contributed by atoms with Gasteiger partial charge in [-0.3, -0.25) is 10.4 Å². The summed E-state index contributed by atoms with van der Waals surface area (Å²) in [6, 6.07) is 0. The quantitative estimate of drug-likeness (QED) is 0.781. The van der Waals surface area contributed by atoms with Crippen molar-refractivity contribution in [2.45, 2.75) is 33.3 Å². The summed E-state index contributed by atoms with van der Waals surface area (Å²) in [6.45, 7) is 7.32. The molecule has 6 heteroatoms. The molecule has 0 spiro atoms. The van der Waals surface area contributed by atoms with Crippen LogP contribution in [-0.2, 0) is 4.74 Å². The molecule has 0 radical (unpaired) electrons. The molecular formula is C9H14IN3O2. The molecule has 0 aromatic carbocycles. The SMILES string of the molecule is Cc1[nH]nc(NC(=O)OC(C)(C)C)c1I. The number of hydrogen-bond acceptors (Lipinski definition) is 3. The number of aromatic amines is 1. The van der Waals surface area contributed by atoms with Gasteiger partial charge in [0, 0.05) is 5.69 Å². The van der Waals surface area contributed by atoms with Crippen LogP contribution in [0.2, 0.25) is 0 Å². The number of anilines is 1. The van der Waals surface area contributed by atoms with Crippen LogP contribution in [0, 0.1) is 10.5 Å². The molecule has 1 amide bonds. The highest BCUT2D eigenvalue weighted by Crippen LogP contribution is 2.18. The Kier molecular flexibility index (Phi) is 3.58. The number of aryl methyl sites for hydroxylation is 1. The van der Waals surface area contributed by atoms with Crippen molar-refractivity contribution in [3.05, 3.63) is 9.26 Å². The second kappa shape index (κ2) is 4.38. The smallest absolute Gasteiger partial charge is 0.413 e. The predicted octanol–water partition coefficient (Wildman–Crippen LogP) is 2.67. The van der Waals surface area contributed by atoms with Gasteiger partial charge in [0.2, 0.25) is 0 Å². The molecule has 5 nitrogen and oxygen atoms in total. The fraction of sp³-hybridized carbons (Fsp3) is 0.556. The van der Waals surface area contributed by atoms with E-state index in [0.29, 0.717) is 5.82 Å². The number of nitrogens with one attached hydrogen (secondary N) is 2. The van der Waals surface area contributed by atoms with E-state index in [-0.39, 0.29) is 0 Å². The first-order valence-electron chi connectivity index (χ1n) is 4.50. The van der Waals surface area contributed by atoms with E-state index in [9.17, 15) is 4.79 Å². The van der Waals surface area contributed by atoms with Gasteiger partial charge in [-0.05, 0) is 50.3 Å². The van der Waals surface area contributed by atoms with E-state index in [1.807, 2.05) is 27.7 Å². The van der Waals surface area contributed by atoms with Crippen LogP contribution in [0.4, 0.5) is 10.6 Å². The Morgan fingerprint density at radius 3 is 2.53 bits per heavy atom. The van der Waals surface area contributed by atoms with E-state index in [1.165, 1.54) is 0 Å². The first kappa shape index (κ1) is 12.3. The van der Waals surface area contributed by atoms with Crippen LogP contribution in [0.25, 0.3) is 0 Å². The Balaban J connectivity index is 2.63. The number of hydrogen-bond donors (Lipinski definition) is 2. The highest BCUT2D eigenvalue weighted by Gasteiger charge is 2.18. The van der Waals surface area contributed by atoms with Crippen LogP contribution in [0.1, 0.15) is 26.5 Å². The van der Waals surface area contributed by atoms with Gasteiger partial charge in [0.25, 0.3) is 0 Å². The number of H-pyrrole nitrogens is 1. The van der Waals surface area contributed by atoms with Crippen molar-refractivity contribution in [3.8, 4) is 0 Å². The van der Waals surface area contributed by atoms with Crippen molar-refractivity contribution < 1.29 is 9.53 Å². The summed E-state index contributed by atoms with van der Waals surface area (Å²) < 4.78 is 5.99.